The topological polar surface area (TPSA) is 103 Å². The van der Waals surface area contributed by atoms with E-state index < -0.39 is 0 Å². The van der Waals surface area contributed by atoms with Gasteiger partial charge in [-0.3, -0.25) is 24.9 Å². The molecule has 1 aliphatic carbocycles. The summed E-state index contributed by atoms with van der Waals surface area (Å²) in [5.41, 5.74) is 31.8. The minimum atomic E-state index is 0.708. The predicted octanol–water partition coefficient (Wildman–Crippen LogP) is 37.8. The zero-order chi connectivity index (χ0) is 105. The first-order valence-electron chi connectivity index (χ1n) is 49.9. The number of aromatic nitrogens is 7. The summed E-state index contributed by atoms with van der Waals surface area (Å²) in [6, 6.07) is 107. The normalized spacial score (nSPS) is 10.5. The second-order valence-corrected chi connectivity index (χ2v) is 45.2. The minimum Gasteiger partial charge on any atom is -0.467 e. The van der Waals surface area contributed by atoms with Crippen molar-refractivity contribution in [1.82, 2.24) is 34.9 Å². The number of aryl methyl sites for hydroxylation is 28. The summed E-state index contributed by atoms with van der Waals surface area (Å²) in [7, 11) is 0. The van der Waals surface area contributed by atoms with Gasteiger partial charge in [-0.2, -0.15) is 0 Å². The van der Waals surface area contributed by atoms with Crippen LogP contribution < -0.4 is 0 Å². The van der Waals surface area contributed by atoms with Crippen LogP contribution in [0, 0.1) is 194 Å². The fourth-order valence-corrected chi connectivity index (χ4v) is 20.4. The third-order valence-electron chi connectivity index (χ3n) is 24.3. The molecule has 0 saturated heterocycles. The Kier molecular flexibility index (Phi) is 42.5. The molecule has 1 aliphatic rings. The second kappa shape index (κ2) is 55.3. The third-order valence-corrected chi connectivity index (χ3v) is 29.1. The number of allylic oxidation sites excluding steroid dienone is 1. The van der Waals surface area contributed by atoms with Gasteiger partial charge in [-0.05, 0) is 368 Å². The van der Waals surface area contributed by atoms with E-state index in [1.165, 1.54) is 184 Å². The Morgan fingerprint density at radius 1 is 0.260 bits per heavy atom. The average molecular weight is 2040 g/mol. The summed E-state index contributed by atoms with van der Waals surface area (Å²) < 4.78 is 8.18. The smallest absolute Gasteiger partial charge is 0.101 e. The van der Waals surface area contributed by atoms with Gasteiger partial charge in [0.05, 0.1) is 38.3 Å². The van der Waals surface area contributed by atoms with Crippen molar-refractivity contribution in [1.29, 1.82) is 0 Å². The van der Waals surface area contributed by atoms with Crippen molar-refractivity contribution in [3.05, 3.63) is 502 Å². The summed E-state index contributed by atoms with van der Waals surface area (Å²) in [5, 5.41) is 20.6. The Labute approximate surface area is 886 Å². The molecule has 9 aromatic heterocycles. The van der Waals surface area contributed by atoms with Gasteiger partial charge in [0.25, 0.3) is 0 Å². The maximum Gasteiger partial charge on any atom is 0.101 e. The number of benzene rings is 14. The molecule has 0 saturated carbocycles. The summed E-state index contributed by atoms with van der Waals surface area (Å²) in [6.07, 6.45) is 12.7. The van der Waals surface area contributed by atoms with Crippen LogP contribution in [0.15, 0.2) is 344 Å². The number of pyridine rings is 2. The van der Waals surface area contributed by atoms with Crippen LogP contribution in [0.2, 0.25) is 0 Å². The number of fused-ring (bicyclic) bond motifs is 11. The molecule has 0 unspecified atom stereocenters. The van der Waals surface area contributed by atoms with Crippen LogP contribution in [-0.4, -0.2) is 49.4 Å². The van der Waals surface area contributed by atoms with Crippen molar-refractivity contribution in [2.75, 3.05) is 0 Å². The molecular formula is C134H143N7OS3Se. The minimum absolute atomic E-state index is 0.708. The van der Waals surface area contributed by atoms with Crippen molar-refractivity contribution in [3.63, 3.8) is 0 Å². The van der Waals surface area contributed by atoms with E-state index in [0.717, 1.165) is 73.3 Å². The van der Waals surface area contributed by atoms with Gasteiger partial charge in [-0.1, -0.05) is 281 Å². The molecule has 0 radical (unpaired) electrons. The molecule has 14 aromatic carbocycles. The Hall–Kier alpha value is -14.1. The van der Waals surface area contributed by atoms with Crippen LogP contribution >= 0.6 is 34.0 Å². The molecule has 0 fully saturated rings. The molecule has 23 aromatic rings. The number of hydrogen-bond donors (Lipinski definition) is 0. The third kappa shape index (κ3) is 35.4. The number of nitrogens with zero attached hydrogens (tertiary/aromatic N) is 7. The SMILES string of the molecule is Cc1ccc(C)[se]1.Cc1ccc(C)c2c1C=CC2.Cc1ccc(C)c2nccnc12.Cc1ccc(C)cc1.Cc1ccc(C)nc1.Cc1ccc(C)o1.Cc1ccc(C)s1.Cc1ccc2c(ccc3cc(C)ccc32)c1.Cc1ccc2cc3ccc(C)cc3cc2c1.Cc1ccc2ccc(C)cc2c1.Cc1ccc2nc(C)ccc2c1.Cc1ccc2nc(C)cnc2c1.Cc1csc(C)n1.Cc1sc(C)c2ccccc12. The van der Waals surface area contributed by atoms with Crippen LogP contribution in [-0.2, 0) is 6.42 Å². The first-order chi connectivity index (χ1) is 69.8. The number of thiazole rings is 1. The first-order valence-corrected chi connectivity index (χ1v) is 54.1. The van der Waals surface area contributed by atoms with Gasteiger partial charge in [0.2, 0.25) is 0 Å². The van der Waals surface area contributed by atoms with E-state index in [9.17, 15) is 0 Å². The van der Waals surface area contributed by atoms with Gasteiger partial charge < -0.3 is 4.42 Å². The van der Waals surface area contributed by atoms with Gasteiger partial charge in [0.1, 0.15) is 11.5 Å². The summed E-state index contributed by atoms with van der Waals surface area (Å²) in [4.78, 5) is 35.5. The molecule has 24 rings (SSSR count). The maximum atomic E-state index is 5.08. The van der Waals surface area contributed by atoms with Gasteiger partial charge in [-0.15, -0.1) is 34.0 Å². The van der Waals surface area contributed by atoms with E-state index in [-0.39, 0.29) is 0 Å². The molecule has 0 aliphatic heterocycles. The number of hydrogen-bond acceptors (Lipinski definition) is 11. The number of thiophene rings is 2. The molecule has 12 heteroatoms. The van der Waals surface area contributed by atoms with Crippen molar-refractivity contribution >= 4 is 152 Å². The quantitative estimate of drug-likeness (QED) is 0.0840. The van der Waals surface area contributed by atoms with Gasteiger partial charge in [0, 0.05) is 72.1 Å². The van der Waals surface area contributed by atoms with Gasteiger partial charge in [0.15, 0.2) is 0 Å². The zero-order valence-electron chi connectivity index (χ0n) is 90.8. The Balaban J connectivity index is 0.000000151. The number of rotatable bonds is 0. The molecule has 8 nitrogen and oxygen atoms in total. The second-order valence-electron chi connectivity index (χ2n) is 38.1. The molecule has 0 N–H and O–H groups in total. The van der Waals surface area contributed by atoms with Crippen molar-refractivity contribution in [2.24, 2.45) is 0 Å². The fourth-order valence-electron chi connectivity index (χ4n) is 16.4. The standard InChI is InChI=1S/2C16H14.C12H12.C11H11N.C11H12.2C10H10N2.C10H10S.C8H10.C7H9N.C6H8O.C6H8S.C6H8Se.C5H7NS/c1-11-3-7-15-13(9-11)5-6-14-10-12(2)4-8-16(14)15;1-11-3-5-13-9-14-6-4-12(2)8-16(14)10-15(13)7-11;1-9-3-5-11-6-4-10(2)8-12(11)7-9;1-8-3-6-11-10(7-8)5-4-9(2)12-11;1-8-6-7-9(2)11-5-3-4-10(8)11;1-7-3-4-9-10(5-7)11-6-8(2)12-9;1-7-3-4-8(2)10-9(7)11-5-6-12-10;1-7-9-5-3-4-6-10(9)8(2)11-7;1-7-3-5-8(2)6-4-7;1-6-3-4-7(2)8-5-6;3*1-5-3-4-6(2)7-5;1-4-3-7-5(2)6-4/h2*3-10H,1-2H3;3-8H,1-2H3;3-7H,1-2H3;3-4,6-7H,5H2,1-2H3;2*3-6H,1-2H3;3-6H,1-2H3;3-6H,1-2H3;3-5H,1-2H3;3*3-4H,1-2H3;3H,1-2H3. The van der Waals surface area contributed by atoms with E-state index in [1.54, 1.807) is 38.8 Å². The van der Waals surface area contributed by atoms with E-state index >= 15 is 0 Å². The van der Waals surface area contributed by atoms with E-state index in [4.69, 9.17) is 4.42 Å². The number of furan rings is 1. The van der Waals surface area contributed by atoms with E-state index in [0.29, 0.717) is 14.5 Å². The van der Waals surface area contributed by atoms with Crippen molar-refractivity contribution < 1.29 is 4.42 Å². The summed E-state index contributed by atoms with van der Waals surface area (Å²) >= 11 is 6.13. The summed E-state index contributed by atoms with van der Waals surface area (Å²) in [5.74, 6) is 1.97. The Morgan fingerprint density at radius 3 is 1.09 bits per heavy atom. The maximum absolute atomic E-state index is 5.08. The van der Waals surface area contributed by atoms with Crippen molar-refractivity contribution in [2.45, 2.75) is 200 Å². The molecule has 9 heterocycles. The monoisotopic (exact) mass is 2040 g/mol. The van der Waals surface area contributed by atoms with Gasteiger partial charge >= 0.3 is 49.4 Å². The van der Waals surface area contributed by atoms with Crippen LogP contribution in [0.3, 0.4) is 0 Å². The molecule has 146 heavy (non-hydrogen) atoms. The van der Waals surface area contributed by atoms with Crippen LogP contribution in [0.25, 0.3) is 104 Å². The summed E-state index contributed by atoms with van der Waals surface area (Å²) in [6.45, 7) is 58.5. The Morgan fingerprint density at radius 2 is 0.664 bits per heavy atom. The van der Waals surface area contributed by atoms with Crippen molar-refractivity contribution in [3.8, 4) is 0 Å². The molecule has 744 valence electrons. The van der Waals surface area contributed by atoms with Crippen LogP contribution in [0.5, 0.6) is 0 Å². The van der Waals surface area contributed by atoms with Crippen LogP contribution in [0.1, 0.15) is 162 Å². The van der Waals surface area contributed by atoms with Gasteiger partial charge in [-0.25, -0.2) is 9.97 Å². The molecular weight excluding hydrogens is 1900 g/mol. The molecule has 0 spiro atoms. The van der Waals surface area contributed by atoms with Crippen LogP contribution in [0.4, 0.5) is 0 Å². The zero-order valence-corrected chi connectivity index (χ0v) is 95.0. The largest absolute Gasteiger partial charge is 0.467 e. The molecule has 0 amide bonds. The average Bonchev–Trinajstić information content (AvgIpc) is 0.977. The fraction of sp³-hybridized carbons (Fsp3) is 0.216. The Bertz CT molecular complexity index is 7550. The first kappa shape index (κ1) is 112. The molecule has 0 bridgehead atoms. The van der Waals surface area contributed by atoms with E-state index in [2.05, 4.69) is 458 Å². The van der Waals surface area contributed by atoms with E-state index in [1.807, 2.05) is 121 Å². The molecule has 0 atom stereocenters. The predicted molar refractivity (Wildman–Crippen MR) is 641 cm³/mol.